The molecule has 2 heterocycles. The van der Waals surface area contributed by atoms with Crippen LogP contribution in [0, 0.1) is 0 Å². The molecule has 116 valence electrons. The van der Waals surface area contributed by atoms with Crippen molar-refractivity contribution in [2.45, 2.75) is 58.6 Å². The molecular formula is C16H25N3O2. The van der Waals surface area contributed by atoms with Gasteiger partial charge in [-0.1, -0.05) is 20.8 Å². The van der Waals surface area contributed by atoms with Gasteiger partial charge < -0.3 is 9.64 Å². The molecule has 1 aliphatic rings. The SMILES string of the molecule is CC1CN(C(=O)c2cnc(C(C)(C)C)nc2)C(C)(C)CO1. The van der Waals surface area contributed by atoms with E-state index in [1.54, 1.807) is 12.4 Å². The van der Waals surface area contributed by atoms with Crippen LogP contribution in [0.5, 0.6) is 0 Å². The molecule has 5 nitrogen and oxygen atoms in total. The number of rotatable bonds is 1. The normalized spacial score (nSPS) is 22.2. The molecule has 0 saturated carbocycles. The fourth-order valence-electron chi connectivity index (χ4n) is 2.32. The standard InChI is InChI=1S/C16H25N3O2/c1-11-9-19(16(5,6)10-21-11)13(20)12-7-17-14(18-8-12)15(2,3)4/h7-8,11H,9-10H2,1-6H3. The highest BCUT2D eigenvalue weighted by Crippen LogP contribution is 2.24. The molecule has 0 bridgehead atoms. The molecule has 0 spiro atoms. The fraction of sp³-hybridized carbons (Fsp3) is 0.688. The number of amides is 1. The summed E-state index contributed by atoms with van der Waals surface area (Å²) in [6, 6.07) is 0. The molecule has 0 aromatic carbocycles. The van der Waals surface area contributed by atoms with E-state index >= 15 is 0 Å². The van der Waals surface area contributed by atoms with Gasteiger partial charge in [0.25, 0.3) is 5.91 Å². The first-order chi connectivity index (χ1) is 9.61. The van der Waals surface area contributed by atoms with E-state index in [9.17, 15) is 4.79 Å². The highest BCUT2D eigenvalue weighted by atomic mass is 16.5. The third-order valence-corrected chi connectivity index (χ3v) is 3.71. The molecule has 0 N–H and O–H groups in total. The van der Waals surface area contributed by atoms with E-state index in [0.717, 1.165) is 5.82 Å². The summed E-state index contributed by atoms with van der Waals surface area (Å²) < 4.78 is 5.65. The van der Waals surface area contributed by atoms with Crippen LogP contribution in [0.3, 0.4) is 0 Å². The molecule has 1 aromatic heterocycles. The average Bonchev–Trinajstić information content (AvgIpc) is 2.40. The van der Waals surface area contributed by atoms with Gasteiger partial charge in [-0.05, 0) is 20.8 Å². The summed E-state index contributed by atoms with van der Waals surface area (Å²) in [7, 11) is 0. The van der Waals surface area contributed by atoms with Crippen LogP contribution in [0.25, 0.3) is 0 Å². The van der Waals surface area contributed by atoms with Crippen molar-refractivity contribution in [1.29, 1.82) is 0 Å². The highest BCUT2D eigenvalue weighted by Gasteiger charge is 2.37. The molecule has 1 unspecified atom stereocenters. The molecule has 1 saturated heterocycles. The fourth-order valence-corrected chi connectivity index (χ4v) is 2.32. The lowest BCUT2D eigenvalue weighted by Gasteiger charge is -2.44. The van der Waals surface area contributed by atoms with E-state index < -0.39 is 0 Å². The van der Waals surface area contributed by atoms with Gasteiger partial charge in [-0.3, -0.25) is 4.79 Å². The molecule has 1 aliphatic heterocycles. The summed E-state index contributed by atoms with van der Waals surface area (Å²) in [5.74, 6) is 0.712. The number of morpholine rings is 1. The smallest absolute Gasteiger partial charge is 0.257 e. The van der Waals surface area contributed by atoms with E-state index in [0.29, 0.717) is 18.7 Å². The van der Waals surface area contributed by atoms with E-state index in [2.05, 4.69) is 30.7 Å². The summed E-state index contributed by atoms with van der Waals surface area (Å²) in [5.41, 5.74) is 0.103. The Bertz CT molecular complexity index is 517. The minimum atomic E-state index is -0.313. The maximum Gasteiger partial charge on any atom is 0.257 e. The Labute approximate surface area is 126 Å². The molecule has 2 rings (SSSR count). The number of aromatic nitrogens is 2. The van der Waals surface area contributed by atoms with E-state index in [4.69, 9.17) is 4.74 Å². The zero-order valence-electron chi connectivity index (χ0n) is 13.8. The number of ether oxygens (including phenoxy) is 1. The van der Waals surface area contributed by atoms with Crippen LogP contribution in [0.2, 0.25) is 0 Å². The van der Waals surface area contributed by atoms with E-state index in [-0.39, 0.29) is 23.0 Å². The Morgan fingerprint density at radius 3 is 2.43 bits per heavy atom. The van der Waals surface area contributed by atoms with Crippen molar-refractivity contribution in [3.8, 4) is 0 Å². The number of hydrogen-bond acceptors (Lipinski definition) is 4. The van der Waals surface area contributed by atoms with Crippen LogP contribution in [0.4, 0.5) is 0 Å². The van der Waals surface area contributed by atoms with Crippen molar-refractivity contribution in [1.82, 2.24) is 14.9 Å². The number of hydrogen-bond donors (Lipinski definition) is 0. The average molecular weight is 291 g/mol. The Morgan fingerprint density at radius 2 is 1.90 bits per heavy atom. The van der Waals surface area contributed by atoms with E-state index in [1.807, 2.05) is 25.7 Å². The highest BCUT2D eigenvalue weighted by molar-refractivity contribution is 5.94. The number of carbonyl (C=O) groups excluding carboxylic acids is 1. The quantitative estimate of drug-likeness (QED) is 0.797. The minimum absolute atomic E-state index is 0.0318. The summed E-state index contributed by atoms with van der Waals surface area (Å²) >= 11 is 0. The lowest BCUT2D eigenvalue weighted by molar-refractivity contribution is -0.0756. The molecular weight excluding hydrogens is 266 g/mol. The maximum atomic E-state index is 12.7. The number of carbonyl (C=O) groups is 1. The van der Waals surface area contributed by atoms with Gasteiger partial charge in [-0.2, -0.15) is 0 Å². The third-order valence-electron chi connectivity index (χ3n) is 3.71. The summed E-state index contributed by atoms with van der Waals surface area (Å²) in [6.45, 7) is 13.3. The second kappa shape index (κ2) is 5.37. The van der Waals surface area contributed by atoms with Crippen molar-refractivity contribution in [3.63, 3.8) is 0 Å². The van der Waals surface area contributed by atoms with Crippen LogP contribution < -0.4 is 0 Å². The monoisotopic (exact) mass is 291 g/mol. The van der Waals surface area contributed by atoms with Crippen molar-refractivity contribution in [2.24, 2.45) is 0 Å². The Balaban J connectivity index is 2.23. The largest absolute Gasteiger partial charge is 0.374 e. The number of nitrogens with zero attached hydrogens (tertiary/aromatic N) is 3. The Morgan fingerprint density at radius 1 is 1.33 bits per heavy atom. The van der Waals surface area contributed by atoms with Crippen molar-refractivity contribution in [3.05, 3.63) is 23.8 Å². The summed E-state index contributed by atoms with van der Waals surface area (Å²) in [6.07, 6.45) is 3.31. The van der Waals surface area contributed by atoms with Gasteiger partial charge >= 0.3 is 0 Å². The molecule has 1 amide bonds. The lowest BCUT2D eigenvalue weighted by atomic mass is 9.95. The van der Waals surface area contributed by atoms with Crippen molar-refractivity contribution in [2.75, 3.05) is 13.2 Å². The molecule has 0 radical (unpaired) electrons. The first kappa shape index (κ1) is 15.9. The lowest BCUT2D eigenvalue weighted by Crippen LogP contribution is -2.57. The zero-order chi connectivity index (χ0) is 15.8. The van der Waals surface area contributed by atoms with Crippen molar-refractivity contribution < 1.29 is 9.53 Å². The molecule has 1 fully saturated rings. The zero-order valence-corrected chi connectivity index (χ0v) is 13.8. The van der Waals surface area contributed by atoms with Crippen LogP contribution in [-0.4, -0.2) is 45.6 Å². The third kappa shape index (κ3) is 3.40. The Kier molecular flexibility index (Phi) is 4.06. The Hall–Kier alpha value is -1.49. The molecule has 21 heavy (non-hydrogen) atoms. The van der Waals surface area contributed by atoms with Crippen LogP contribution in [-0.2, 0) is 10.2 Å². The van der Waals surface area contributed by atoms with Gasteiger partial charge in [0.1, 0.15) is 5.82 Å². The van der Waals surface area contributed by atoms with Gasteiger partial charge in [-0.15, -0.1) is 0 Å². The topological polar surface area (TPSA) is 55.3 Å². The summed E-state index contributed by atoms with van der Waals surface area (Å²) in [5, 5.41) is 0. The van der Waals surface area contributed by atoms with Crippen molar-refractivity contribution >= 4 is 5.91 Å². The van der Waals surface area contributed by atoms with Gasteiger partial charge in [0, 0.05) is 24.4 Å². The summed E-state index contributed by atoms with van der Waals surface area (Å²) in [4.78, 5) is 23.3. The van der Waals surface area contributed by atoms with Gasteiger partial charge in [0.15, 0.2) is 0 Å². The molecule has 5 heteroatoms. The predicted molar refractivity (Wildman–Crippen MR) is 81.3 cm³/mol. The van der Waals surface area contributed by atoms with Gasteiger partial charge in [-0.25, -0.2) is 9.97 Å². The molecule has 0 aliphatic carbocycles. The second-order valence-corrected chi connectivity index (χ2v) is 7.40. The maximum absolute atomic E-state index is 12.7. The van der Waals surface area contributed by atoms with Gasteiger partial charge in [0.05, 0.1) is 23.8 Å². The first-order valence-electron chi connectivity index (χ1n) is 7.37. The van der Waals surface area contributed by atoms with Crippen LogP contribution in [0.15, 0.2) is 12.4 Å². The predicted octanol–water partition coefficient (Wildman–Crippen LogP) is 2.41. The van der Waals surface area contributed by atoms with Gasteiger partial charge in [0.2, 0.25) is 0 Å². The molecule has 1 atom stereocenters. The van der Waals surface area contributed by atoms with Crippen LogP contribution in [0.1, 0.15) is 57.7 Å². The molecule has 1 aromatic rings. The minimum Gasteiger partial charge on any atom is -0.374 e. The second-order valence-electron chi connectivity index (χ2n) is 7.40. The van der Waals surface area contributed by atoms with E-state index in [1.165, 1.54) is 0 Å². The first-order valence-corrected chi connectivity index (χ1v) is 7.37. The van der Waals surface area contributed by atoms with Crippen LogP contribution >= 0.6 is 0 Å².